The van der Waals surface area contributed by atoms with E-state index in [1.165, 1.54) is 0 Å². The van der Waals surface area contributed by atoms with Crippen LogP contribution in [0.3, 0.4) is 0 Å². The average molecular weight is 339 g/mol. The summed E-state index contributed by atoms with van der Waals surface area (Å²) in [5.41, 5.74) is 4.61. The summed E-state index contributed by atoms with van der Waals surface area (Å²) in [6.07, 6.45) is 0. The Kier molecular flexibility index (Phi) is 6.17. The summed E-state index contributed by atoms with van der Waals surface area (Å²) in [4.78, 5) is 23.7. The molecule has 0 aliphatic carbocycles. The third-order valence-corrected chi connectivity index (χ3v) is 3.79. The van der Waals surface area contributed by atoms with Gasteiger partial charge in [-0.2, -0.15) is 0 Å². The summed E-state index contributed by atoms with van der Waals surface area (Å²) in [6, 6.07) is 13.2. The number of hydrogen-bond donors (Lipinski definition) is 3. The topological polar surface area (TPSA) is 70.2 Å². The smallest absolute Gasteiger partial charge is 0.243 e. The summed E-state index contributed by atoms with van der Waals surface area (Å²) >= 11 is 0. The first-order valence-corrected chi connectivity index (χ1v) is 8.37. The van der Waals surface area contributed by atoms with Crippen molar-refractivity contribution < 1.29 is 9.59 Å². The van der Waals surface area contributed by atoms with Crippen molar-refractivity contribution in [2.45, 2.75) is 27.7 Å². The minimum absolute atomic E-state index is 0.0329. The summed E-state index contributed by atoms with van der Waals surface area (Å²) in [7, 11) is 0. The SMILES string of the molecule is Cc1ccc(C)c(NCC(=O)Nc2ccc(NC(=O)C(C)C)cc2)c1. The zero-order valence-corrected chi connectivity index (χ0v) is 15.1. The molecule has 132 valence electrons. The van der Waals surface area contributed by atoms with Crippen molar-refractivity contribution in [3.05, 3.63) is 53.6 Å². The fraction of sp³-hybridized carbons (Fsp3) is 0.300. The molecule has 0 spiro atoms. The quantitative estimate of drug-likeness (QED) is 0.746. The van der Waals surface area contributed by atoms with E-state index >= 15 is 0 Å². The standard InChI is InChI=1S/C20H25N3O2/c1-13(2)20(25)23-17-9-7-16(8-10-17)22-19(24)12-21-18-11-14(3)5-6-15(18)4/h5-11,13,21H,12H2,1-4H3,(H,22,24)(H,23,25). The van der Waals surface area contributed by atoms with Crippen LogP contribution in [0.1, 0.15) is 25.0 Å². The molecule has 0 aliphatic rings. The van der Waals surface area contributed by atoms with E-state index in [4.69, 9.17) is 0 Å². The minimum Gasteiger partial charge on any atom is -0.376 e. The fourth-order valence-corrected chi connectivity index (χ4v) is 2.23. The van der Waals surface area contributed by atoms with Crippen LogP contribution in [-0.4, -0.2) is 18.4 Å². The molecule has 0 unspecified atom stereocenters. The van der Waals surface area contributed by atoms with Crippen molar-refractivity contribution in [1.82, 2.24) is 0 Å². The fourth-order valence-electron chi connectivity index (χ4n) is 2.23. The van der Waals surface area contributed by atoms with Crippen molar-refractivity contribution in [1.29, 1.82) is 0 Å². The molecule has 5 heteroatoms. The van der Waals surface area contributed by atoms with E-state index in [0.717, 1.165) is 16.8 Å². The number of hydrogen-bond acceptors (Lipinski definition) is 3. The molecule has 2 aromatic rings. The Morgan fingerprint density at radius 1 is 0.920 bits per heavy atom. The predicted octanol–water partition coefficient (Wildman–Crippen LogP) is 3.95. The van der Waals surface area contributed by atoms with Gasteiger partial charge < -0.3 is 16.0 Å². The van der Waals surface area contributed by atoms with Crippen LogP contribution in [0.2, 0.25) is 0 Å². The van der Waals surface area contributed by atoms with Crippen molar-refractivity contribution in [3.8, 4) is 0 Å². The molecule has 25 heavy (non-hydrogen) atoms. The number of carbonyl (C=O) groups is 2. The number of rotatable bonds is 6. The first-order chi connectivity index (χ1) is 11.8. The van der Waals surface area contributed by atoms with Gasteiger partial charge in [0.05, 0.1) is 6.54 Å². The second kappa shape index (κ2) is 8.33. The Morgan fingerprint density at radius 3 is 2.12 bits per heavy atom. The van der Waals surface area contributed by atoms with Gasteiger partial charge in [0.15, 0.2) is 0 Å². The largest absolute Gasteiger partial charge is 0.376 e. The van der Waals surface area contributed by atoms with Gasteiger partial charge in [0.1, 0.15) is 0 Å². The highest BCUT2D eigenvalue weighted by atomic mass is 16.2. The van der Waals surface area contributed by atoms with Crippen molar-refractivity contribution >= 4 is 28.9 Å². The normalized spacial score (nSPS) is 10.4. The van der Waals surface area contributed by atoms with E-state index in [2.05, 4.69) is 16.0 Å². The Morgan fingerprint density at radius 2 is 1.52 bits per heavy atom. The van der Waals surface area contributed by atoms with E-state index in [1.807, 2.05) is 45.9 Å². The minimum atomic E-state index is -0.125. The van der Waals surface area contributed by atoms with Gasteiger partial charge in [-0.05, 0) is 55.3 Å². The van der Waals surface area contributed by atoms with E-state index in [9.17, 15) is 9.59 Å². The summed E-state index contributed by atoms with van der Waals surface area (Å²) in [5, 5.41) is 8.81. The average Bonchev–Trinajstić information content (AvgIpc) is 2.57. The van der Waals surface area contributed by atoms with Crippen LogP contribution >= 0.6 is 0 Å². The third-order valence-electron chi connectivity index (χ3n) is 3.79. The second-order valence-corrected chi connectivity index (χ2v) is 6.44. The second-order valence-electron chi connectivity index (χ2n) is 6.44. The molecule has 2 rings (SSSR count). The highest BCUT2D eigenvalue weighted by Crippen LogP contribution is 2.17. The molecule has 2 amide bonds. The molecule has 2 aromatic carbocycles. The van der Waals surface area contributed by atoms with Crippen molar-refractivity contribution in [2.75, 3.05) is 22.5 Å². The van der Waals surface area contributed by atoms with Crippen LogP contribution < -0.4 is 16.0 Å². The number of carbonyl (C=O) groups excluding carboxylic acids is 2. The number of aryl methyl sites for hydroxylation is 2. The lowest BCUT2D eigenvalue weighted by molar-refractivity contribution is -0.119. The Hall–Kier alpha value is -2.82. The lowest BCUT2D eigenvalue weighted by atomic mass is 10.1. The van der Waals surface area contributed by atoms with Crippen LogP contribution in [0.25, 0.3) is 0 Å². The van der Waals surface area contributed by atoms with E-state index in [1.54, 1.807) is 24.3 Å². The van der Waals surface area contributed by atoms with Crippen molar-refractivity contribution in [2.24, 2.45) is 5.92 Å². The molecular formula is C20H25N3O2. The van der Waals surface area contributed by atoms with E-state index in [-0.39, 0.29) is 24.3 Å². The molecule has 3 N–H and O–H groups in total. The van der Waals surface area contributed by atoms with E-state index in [0.29, 0.717) is 11.4 Å². The van der Waals surface area contributed by atoms with Crippen LogP contribution in [-0.2, 0) is 9.59 Å². The summed E-state index contributed by atoms with van der Waals surface area (Å²) < 4.78 is 0. The Balaban J connectivity index is 1.88. The molecule has 5 nitrogen and oxygen atoms in total. The van der Waals surface area contributed by atoms with Crippen molar-refractivity contribution in [3.63, 3.8) is 0 Å². The van der Waals surface area contributed by atoms with Gasteiger partial charge in [0, 0.05) is 23.0 Å². The maximum atomic E-state index is 12.1. The highest BCUT2D eigenvalue weighted by Gasteiger charge is 2.08. The molecule has 0 saturated heterocycles. The van der Waals surface area contributed by atoms with E-state index < -0.39 is 0 Å². The first-order valence-electron chi connectivity index (χ1n) is 8.37. The molecule has 0 heterocycles. The summed E-state index contributed by atoms with van der Waals surface area (Å²) in [6.45, 7) is 7.89. The third kappa shape index (κ3) is 5.64. The Labute approximate surface area is 148 Å². The Bertz CT molecular complexity index is 752. The van der Waals surface area contributed by atoms with Gasteiger partial charge in [-0.25, -0.2) is 0 Å². The van der Waals surface area contributed by atoms with Gasteiger partial charge >= 0.3 is 0 Å². The maximum absolute atomic E-state index is 12.1. The first kappa shape index (κ1) is 18.5. The number of benzene rings is 2. The van der Waals surface area contributed by atoms with Gasteiger partial charge in [0.25, 0.3) is 0 Å². The monoisotopic (exact) mass is 339 g/mol. The highest BCUT2D eigenvalue weighted by molar-refractivity contribution is 5.95. The number of anilines is 3. The predicted molar refractivity (Wildman–Crippen MR) is 103 cm³/mol. The molecule has 0 saturated carbocycles. The zero-order valence-electron chi connectivity index (χ0n) is 15.1. The molecule has 0 atom stereocenters. The van der Waals surface area contributed by atoms with Crippen LogP contribution in [0.15, 0.2) is 42.5 Å². The molecule has 0 fully saturated rings. The van der Waals surface area contributed by atoms with Crippen LogP contribution in [0, 0.1) is 19.8 Å². The summed E-state index contributed by atoms with van der Waals surface area (Å²) in [5.74, 6) is -0.232. The maximum Gasteiger partial charge on any atom is 0.243 e. The van der Waals surface area contributed by atoms with Gasteiger partial charge in [-0.3, -0.25) is 9.59 Å². The molecule has 0 bridgehead atoms. The molecular weight excluding hydrogens is 314 g/mol. The van der Waals surface area contributed by atoms with Gasteiger partial charge in [0.2, 0.25) is 11.8 Å². The zero-order chi connectivity index (χ0) is 18.4. The lowest BCUT2D eigenvalue weighted by Crippen LogP contribution is -2.22. The molecule has 0 radical (unpaired) electrons. The van der Waals surface area contributed by atoms with Gasteiger partial charge in [-0.15, -0.1) is 0 Å². The number of nitrogens with one attached hydrogen (secondary N) is 3. The van der Waals surface area contributed by atoms with Gasteiger partial charge in [-0.1, -0.05) is 26.0 Å². The lowest BCUT2D eigenvalue weighted by Gasteiger charge is -2.12. The molecule has 0 aromatic heterocycles. The molecule has 0 aliphatic heterocycles. The van der Waals surface area contributed by atoms with Crippen LogP contribution in [0.5, 0.6) is 0 Å². The number of amides is 2. The van der Waals surface area contributed by atoms with Crippen LogP contribution in [0.4, 0.5) is 17.1 Å².